The quantitative estimate of drug-likeness (QED) is 0.676. The van der Waals surface area contributed by atoms with Crippen LogP contribution in [-0.4, -0.2) is 23.3 Å². The predicted molar refractivity (Wildman–Crippen MR) is 87.1 cm³/mol. The number of fused-ring (bicyclic) bond motifs is 3. The molecule has 1 aromatic carbocycles. The fourth-order valence-electron chi connectivity index (χ4n) is 4.43. The number of Topliss-reactive ketones (excluding diaryl/α,β-unsaturated/α-hetero) is 1. The molecule has 4 heteroatoms. The average molecular weight is 311 g/mol. The minimum atomic E-state index is -0.226. The number of hydrogen-bond acceptors (Lipinski definition) is 3. The van der Waals surface area contributed by atoms with E-state index in [2.05, 4.69) is 4.98 Å². The van der Waals surface area contributed by atoms with Crippen molar-refractivity contribution in [2.75, 3.05) is 6.61 Å². The van der Waals surface area contributed by atoms with Crippen LogP contribution >= 0.6 is 0 Å². The smallest absolute Gasteiger partial charge is 0.306 e. The molecular formula is C19H21NO3. The van der Waals surface area contributed by atoms with E-state index in [4.69, 9.17) is 4.74 Å². The number of aromatic amines is 1. The van der Waals surface area contributed by atoms with Gasteiger partial charge in [0.25, 0.3) is 0 Å². The second kappa shape index (κ2) is 5.84. The van der Waals surface area contributed by atoms with Gasteiger partial charge in [0.2, 0.25) is 5.78 Å². The van der Waals surface area contributed by atoms with E-state index in [9.17, 15) is 9.59 Å². The zero-order valence-corrected chi connectivity index (χ0v) is 13.1. The molecule has 2 fully saturated rings. The van der Waals surface area contributed by atoms with Crippen LogP contribution in [0.15, 0.2) is 30.5 Å². The van der Waals surface area contributed by atoms with Gasteiger partial charge < -0.3 is 9.72 Å². The number of hydrogen-bond donors (Lipinski definition) is 1. The molecule has 0 spiro atoms. The normalized spacial score (nSPS) is 25.8. The molecule has 2 aliphatic carbocycles. The van der Waals surface area contributed by atoms with Crippen LogP contribution in [0.5, 0.6) is 0 Å². The largest absolute Gasteiger partial charge is 0.457 e. The number of ether oxygens (including phenoxy) is 1. The van der Waals surface area contributed by atoms with Crippen LogP contribution < -0.4 is 0 Å². The fraction of sp³-hybridized carbons (Fsp3) is 0.474. The number of benzene rings is 1. The summed E-state index contributed by atoms with van der Waals surface area (Å²) in [6, 6.07) is 7.64. The number of esters is 1. The van der Waals surface area contributed by atoms with E-state index in [-0.39, 0.29) is 18.4 Å². The van der Waals surface area contributed by atoms with Gasteiger partial charge in [-0.05, 0) is 43.1 Å². The molecule has 2 bridgehead atoms. The zero-order chi connectivity index (χ0) is 15.8. The van der Waals surface area contributed by atoms with Crippen molar-refractivity contribution in [3.05, 3.63) is 36.0 Å². The zero-order valence-electron chi connectivity index (χ0n) is 13.1. The monoisotopic (exact) mass is 311 g/mol. The molecule has 0 amide bonds. The van der Waals surface area contributed by atoms with E-state index in [1.54, 1.807) is 6.20 Å². The SMILES string of the molecule is O=C(C[C@@H]1C[C@@H]2CC[C@@H]1C2)OCC(=O)c1c[nH]c2ccccc12. The Morgan fingerprint density at radius 2 is 2.04 bits per heavy atom. The molecule has 23 heavy (non-hydrogen) atoms. The summed E-state index contributed by atoms with van der Waals surface area (Å²) in [7, 11) is 0. The van der Waals surface area contributed by atoms with Gasteiger partial charge in [-0.3, -0.25) is 9.59 Å². The van der Waals surface area contributed by atoms with Gasteiger partial charge in [0.15, 0.2) is 6.61 Å². The Bertz CT molecular complexity index is 748. The Kier molecular flexibility index (Phi) is 3.68. The third kappa shape index (κ3) is 2.78. The molecule has 4 rings (SSSR count). The Morgan fingerprint density at radius 3 is 2.83 bits per heavy atom. The summed E-state index contributed by atoms with van der Waals surface area (Å²) in [5.74, 6) is 1.63. The van der Waals surface area contributed by atoms with E-state index in [1.165, 1.54) is 19.3 Å². The lowest BCUT2D eigenvalue weighted by atomic mass is 9.86. The lowest BCUT2D eigenvalue weighted by Gasteiger charge is -2.20. The maximum Gasteiger partial charge on any atom is 0.306 e. The number of nitrogens with one attached hydrogen (secondary N) is 1. The van der Waals surface area contributed by atoms with Gasteiger partial charge in [0.05, 0.1) is 0 Å². The van der Waals surface area contributed by atoms with E-state index < -0.39 is 0 Å². The fourth-order valence-corrected chi connectivity index (χ4v) is 4.43. The van der Waals surface area contributed by atoms with Crippen molar-refractivity contribution in [1.29, 1.82) is 0 Å². The van der Waals surface area contributed by atoms with Gasteiger partial charge in [-0.15, -0.1) is 0 Å². The molecule has 1 aromatic heterocycles. The molecule has 120 valence electrons. The van der Waals surface area contributed by atoms with Crippen LogP contribution in [0, 0.1) is 17.8 Å². The number of carbonyl (C=O) groups is 2. The molecule has 3 atom stereocenters. The number of aromatic nitrogens is 1. The second-order valence-electron chi connectivity index (χ2n) is 6.97. The molecular weight excluding hydrogens is 290 g/mol. The van der Waals surface area contributed by atoms with Crippen LogP contribution in [0.1, 0.15) is 42.5 Å². The lowest BCUT2D eigenvalue weighted by Crippen LogP contribution is -2.19. The third-order valence-corrected chi connectivity index (χ3v) is 5.57. The summed E-state index contributed by atoms with van der Waals surface area (Å²) in [6.07, 6.45) is 7.20. The summed E-state index contributed by atoms with van der Waals surface area (Å²) in [6.45, 7) is -0.165. The van der Waals surface area contributed by atoms with Crippen molar-refractivity contribution in [3.8, 4) is 0 Å². The molecule has 4 nitrogen and oxygen atoms in total. The maximum absolute atomic E-state index is 12.3. The summed E-state index contributed by atoms with van der Waals surface area (Å²) < 4.78 is 5.24. The highest BCUT2D eigenvalue weighted by molar-refractivity contribution is 6.08. The third-order valence-electron chi connectivity index (χ3n) is 5.57. The minimum Gasteiger partial charge on any atom is -0.457 e. The first kappa shape index (κ1) is 14.5. The van der Waals surface area contributed by atoms with Crippen LogP contribution in [0.3, 0.4) is 0 Å². The van der Waals surface area contributed by atoms with Crippen LogP contribution in [0.25, 0.3) is 10.9 Å². The van der Waals surface area contributed by atoms with Crippen molar-refractivity contribution in [2.24, 2.45) is 17.8 Å². The summed E-state index contributed by atoms with van der Waals surface area (Å²) in [4.78, 5) is 27.4. The number of ketones is 1. The average Bonchev–Trinajstić information content (AvgIpc) is 3.27. The van der Waals surface area contributed by atoms with Gasteiger partial charge >= 0.3 is 5.97 Å². The van der Waals surface area contributed by atoms with Crippen molar-refractivity contribution in [3.63, 3.8) is 0 Å². The summed E-state index contributed by atoms with van der Waals surface area (Å²) in [5, 5.41) is 0.877. The first-order valence-corrected chi connectivity index (χ1v) is 8.45. The standard InChI is InChI=1S/C19H21NO3/c21-18(16-10-20-17-4-2-1-3-15(16)17)11-23-19(22)9-14-8-12-5-6-13(14)7-12/h1-4,10,12-14,20H,5-9,11H2/t12-,13-,14+/m1/s1. The molecule has 2 aromatic rings. The molecule has 1 N–H and O–H groups in total. The van der Waals surface area contributed by atoms with Crippen molar-refractivity contribution in [2.45, 2.75) is 32.1 Å². The van der Waals surface area contributed by atoms with Crippen molar-refractivity contribution >= 4 is 22.7 Å². The lowest BCUT2D eigenvalue weighted by molar-refractivity contribution is -0.144. The Morgan fingerprint density at radius 1 is 1.17 bits per heavy atom. The minimum absolute atomic E-state index is 0.149. The molecule has 0 radical (unpaired) electrons. The van der Waals surface area contributed by atoms with Gasteiger partial charge in [0.1, 0.15) is 0 Å². The van der Waals surface area contributed by atoms with Crippen molar-refractivity contribution in [1.82, 2.24) is 4.98 Å². The highest BCUT2D eigenvalue weighted by Gasteiger charge is 2.40. The topological polar surface area (TPSA) is 59.2 Å². The molecule has 0 aliphatic heterocycles. The molecule has 1 heterocycles. The Labute approximate surface area is 135 Å². The van der Waals surface area contributed by atoms with E-state index >= 15 is 0 Å². The number of rotatable bonds is 5. The Hall–Kier alpha value is -2.10. The van der Waals surface area contributed by atoms with E-state index in [0.29, 0.717) is 23.8 Å². The van der Waals surface area contributed by atoms with Gasteiger partial charge in [0, 0.05) is 29.1 Å². The number of H-pyrrole nitrogens is 1. The first-order chi connectivity index (χ1) is 11.2. The van der Waals surface area contributed by atoms with Crippen LogP contribution in [0.2, 0.25) is 0 Å². The van der Waals surface area contributed by atoms with Gasteiger partial charge in [-0.25, -0.2) is 0 Å². The van der Waals surface area contributed by atoms with E-state index in [1.807, 2.05) is 24.3 Å². The number of para-hydroxylation sites is 1. The predicted octanol–water partition coefficient (Wildman–Crippen LogP) is 3.72. The summed E-state index contributed by atoms with van der Waals surface area (Å²) in [5.41, 5.74) is 1.51. The van der Waals surface area contributed by atoms with E-state index in [0.717, 1.165) is 23.2 Å². The second-order valence-corrected chi connectivity index (χ2v) is 6.97. The highest BCUT2D eigenvalue weighted by Crippen LogP contribution is 2.49. The Balaban J connectivity index is 1.33. The maximum atomic E-state index is 12.3. The van der Waals surface area contributed by atoms with Crippen molar-refractivity contribution < 1.29 is 14.3 Å². The molecule has 0 saturated heterocycles. The first-order valence-electron chi connectivity index (χ1n) is 8.45. The van der Waals surface area contributed by atoms with Crippen LogP contribution in [-0.2, 0) is 9.53 Å². The van der Waals surface area contributed by atoms with Crippen LogP contribution in [0.4, 0.5) is 0 Å². The summed E-state index contributed by atoms with van der Waals surface area (Å²) >= 11 is 0. The molecule has 0 unspecified atom stereocenters. The molecule has 2 saturated carbocycles. The molecule has 2 aliphatic rings. The van der Waals surface area contributed by atoms with Gasteiger partial charge in [-0.1, -0.05) is 24.6 Å². The highest BCUT2D eigenvalue weighted by atomic mass is 16.5. The van der Waals surface area contributed by atoms with Gasteiger partial charge in [-0.2, -0.15) is 0 Å². The number of carbonyl (C=O) groups excluding carboxylic acids is 2.